The second kappa shape index (κ2) is 9.65. The fraction of sp³-hybridized carbons (Fsp3) is 0.231. The summed E-state index contributed by atoms with van der Waals surface area (Å²) in [6.07, 6.45) is 3.34. The quantitative estimate of drug-likeness (QED) is 0.359. The van der Waals surface area contributed by atoms with E-state index in [0.717, 1.165) is 16.7 Å². The maximum Gasteiger partial charge on any atom is 0.272 e. The van der Waals surface area contributed by atoms with Gasteiger partial charge in [0.2, 0.25) is 0 Å². The Bertz CT molecular complexity index is 1430. The van der Waals surface area contributed by atoms with Crippen molar-refractivity contribution < 1.29 is 9.21 Å². The number of hydrogen-bond donors (Lipinski definition) is 2. The van der Waals surface area contributed by atoms with Crippen molar-refractivity contribution in [2.75, 3.05) is 11.9 Å². The van der Waals surface area contributed by atoms with Crippen molar-refractivity contribution in [3.63, 3.8) is 0 Å². The van der Waals surface area contributed by atoms with E-state index in [0.29, 0.717) is 34.5 Å². The molecule has 174 valence electrons. The number of anilines is 1. The molecule has 8 heteroatoms. The first-order chi connectivity index (χ1) is 16.3. The molecule has 0 aliphatic heterocycles. The van der Waals surface area contributed by atoms with Crippen molar-refractivity contribution in [1.29, 1.82) is 0 Å². The minimum absolute atomic E-state index is 0.0894. The first-order valence-corrected chi connectivity index (χ1v) is 11.4. The van der Waals surface area contributed by atoms with Gasteiger partial charge in [-0.3, -0.25) is 14.6 Å². The lowest BCUT2D eigenvalue weighted by molar-refractivity contribution is 0.0951. The average molecular weight is 477 g/mol. The third-order valence-corrected chi connectivity index (χ3v) is 5.78. The van der Waals surface area contributed by atoms with Gasteiger partial charge in [0.1, 0.15) is 16.5 Å². The third kappa shape index (κ3) is 4.52. The van der Waals surface area contributed by atoms with Crippen LogP contribution in [0.15, 0.2) is 58.0 Å². The molecule has 4 aromatic rings. The molecular formula is C26H25ClN4O3. The van der Waals surface area contributed by atoms with Gasteiger partial charge in [-0.15, -0.1) is 0 Å². The van der Waals surface area contributed by atoms with Gasteiger partial charge in [0.15, 0.2) is 11.1 Å². The van der Waals surface area contributed by atoms with Crippen molar-refractivity contribution in [2.24, 2.45) is 0 Å². The first kappa shape index (κ1) is 23.4. The predicted molar refractivity (Wildman–Crippen MR) is 134 cm³/mol. The van der Waals surface area contributed by atoms with E-state index in [-0.39, 0.29) is 28.2 Å². The minimum Gasteiger partial charge on any atom is -0.455 e. The Balaban J connectivity index is 1.84. The van der Waals surface area contributed by atoms with Crippen LogP contribution in [0.5, 0.6) is 0 Å². The number of pyridine rings is 2. The van der Waals surface area contributed by atoms with E-state index in [4.69, 9.17) is 16.0 Å². The van der Waals surface area contributed by atoms with Crippen LogP contribution >= 0.6 is 11.6 Å². The summed E-state index contributed by atoms with van der Waals surface area (Å²) in [6.45, 7) is 7.93. The molecule has 1 amide bonds. The monoisotopic (exact) mass is 476 g/mol. The van der Waals surface area contributed by atoms with Crippen molar-refractivity contribution in [1.82, 2.24) is 15.3 Å². The van der Waals surface area contributed by atoms with E-state index in [1.807, 2.05) is 39.0 Å². The molecule has 3 aromatic heterocycles. The van der Waals surface area contributed by atoms with E-state index in [9.17, 15) is 9.59 Å². The number of hydrogen-bond acceptors (Lipinski definition) is 6. The van der Waals surface area contributed by atoms with Gasteiger partial charge in [-0.2, -0.15) is 0 Å². The molecule has 1 atom stereocenters. The van der Waals surface area contributed by atoms with E-state index < -0.39 is 0 Å². The third-order valence-electron chi connectivity index (χ3n) is 5.57. The van der Waals surface area contributed by atoms with Crippen LogP contribution in [0.1, 0.15) is 47.1 Å². The lowest BCUT2D eigenvalue weighted by atomic mass is 9.99. The maximum atomic E-state index is 13.3. The Morgan fingerprint density at radius 3 is 2.71 bits per heavy atom. The van der Waals surface area contributed by atoms with Gasteiger partial charge < -0.3 is 15.1 Å². The number of halogens is 1. The van der Waals surface area contributed by atoms with Crippen molar-refractivity contribution in [3.8, 4) is 11.3 Å². The highest BCUT2D eigenvalue weighted by atomic mass is 35.5. The SMILES string of the molecule is CCNC(=O)c1nc(Cl)ccc1NC(C)c1cc(C)cc2c(=O)c(C)c(-c3cccnc3)oc12. The van der Waals surface area contributed by atoms with E-state index >= 15 is 0 Å². The number of nitrogens with one attached hydrogen (secondary N) is 2. The zero-order chi connectivity index (χ0) is 24.4. The molecule has 0 aliphatic rings. The molecule has 4 rings (SSSR count). The number of amides is 1. The molecular weight excluding hydrogens is 452 g/mol. The van der Waals surface area contributed by atoms with Gasteiger partial charge in [-0.05, 0) is 63.6 Å². The van der Waals surface area contributed by atoms with Gasteiger partial charge in [0, 0.05) is 35.6 Å². The van der Waals surface area contributed by atoms with Gasteiger partial charge >= 0.3 is 0 Å². The van der Waals surface area contributed by atoms with Gasteiger partial charge in [-0.25, -0.2) is 4.98 Å². The lowest BCUT2D eigenvalue weighted by Gasteiger charge is -2.20. The fourth-order valence-electron chi connectivity index (χ4n) is 3.94. The molecule has 0 radical (unpaired) electrons. The zero-order valence-corrected chi connectivity index (χ0v) is 20.2. The Hall–Kier alpha value is -3.71. The molecule has 3 heterocycles. The Kier molecular flexibility index (Phi) is 6.65. The molecule has 34 heavy (non-hydrogen) atoms. The minimum atomic E-state index is -0.324. The van der Waals surface area contributed by atoms with Gasteiger partial charge in [0.05, 0.1) is 17.1 Å². The standard InChI is InChI=1S/C26H25ClN4O3/c1-5-29-26(33)22-20(8-9-21(27)31-22)30-16(4)18-11-14(2)12-19-23(32)15(3)24(34-25(18)19)17-7-6-10-28-13-17/h6-13,16,30H,5H2,1-4H3,(H,29,33). The van der Waals surface area contributed by atoms with Crippen molar-refractivity contribution >= 4 is 34.2 Å². The summed E-state index contributed by atoms with van der Waals surface area (Å²) in [5.74, 6) is 0.161. The fourth-order valence-corrected chi connectivity index (χ4v) is 4.09. The van der Waals surface area contributed by atoms with Crippen LogP contribution in [0.3, 0.4) is 0 Å². The number of carbonyl (C=O) groups is 1. The highest BCUT2D eigenvalue weighted by Gasteiger charge is 2.21. The summed E-state index contributed by atoms with van der Waals surface area (Å²) < 4.78 is 6.34. The lowest BCUT2D eigenvalue weighted by Crippen LogP contribution is -2.25. The van der Waals surface area contributed by atoms with E-state index in [2.05, 4.69) is 20.6 Å². The van der Waals surface area contributed by atoms with E-state index in [1.54, 1.807) is 37.5 Å². The first-order valence-electron chi connectivity index (χ1n) is 11.0. The largest absolute Gasteiger partial charge is 0.455 e. The average Bonchev–Trinajstić information content (AvgIpc) is 2.83. The van der Waals surface area contributed by atoms with Crippen molar-refractivity contribution in [3.05, 3.63) is 86.6 Å². The number of rotatable bonds is 6. The van der Waals surface area contributed by atoms with Crippen LogP contribution in [0.4, 0.5) is 5.69 Å². The summed E-state index contributed by atoms with van der Waals surface area (Å²) >= 11 is 6.05. The topological polar surface area (TPSA) is 97.1 Å². The zero-order valence-electron chi connectivity index (χ0n) is 19.4. The van der Waals surface area contributed by atoms with Crippen LogP contribution in [0.25, 0.3) is 22.3 Å². The van der Waals surface area contributed by atoms with Crippen LogP contribution in [-0.4, -0.2) is 22.4 Å². The molecule has 0 saturated carbocycles. The van der Waals surface area contributed by atoms with Gasteiger partial charge in [0.25, 0.3) is 5.91 Å². The summed E-state index contributed by atoms with van der Waals surface area (Å²) in [4.78, 5) is 34.2. The Labute approximate surface area is 202 Å². The van der Waals surface area contributed by atoms with E-state index in [1.165, 1.54) is 0 Å². The van der Waals surface area contributed by atoms with Crippen LogP contribution < -0.4 is 16.1 Å². The summed E-state index contributed by atoms with van der Waals surface area (Å²) in [6, 6.07) is 10.5. The highest BCUT2D eigenvalue weighted by Crippen LogP contribution is 2.32. The molecule has 0 aliphatic carbocycles. The molecule has 1 unspecified atom stereocenters. The van der Waals surface area contributed by atoms with Crippen LogP contribution in [-0.2, 0) is 0 Å². The molecule has 2 N–H and O–H groups in total. The Morgan fingerprint density at radius 1 is 1.21 bits per heavy atom. The molecule has 1 aromatic carbocycles. The molecule has 0 spiro atoms. The highest BCUT2D eigenvalue weighted by molar-refractivity contribution is 6.29. The summed E-state index contributed by atoms with van der Waals surface area (Å²) in [7, 11) is 0. The number of nitrogens with zero attached hydrogens (tertiary/aromatic N) is 2. The number of aryl methyl sites for hydroxylation is 1. The summed E-state index contributed by atoms with van der Waals surface area (Å²) in [5.41, 5.74) is 4.09. The molecule has 0 saturated heterocycles. The number of aromatic nitrogens is 2. The predicted octanol–water partition coefficient (Wildman–Crippen LogP) is 5.44. The number of carbonyl (C=O) groups excluding carboxylic acids is 1. The molecule has 0 fully saturated rings. The maximum absolute atomic E-state index is 13.3. The molecule has 0 bridgehead atoms. The second-order valence-corrected chi connectivity index (χ2v) is 8.50. The van der Waals surface area contributed by atoms with Crippen LogP contribution in [0, 0.1) is 13.8 Å². The van der Waals surface area contributed by atoms with Crippen molar-refractivity contribution in [2.45, 2.75) is 33.7 Å². The number of fused-ring (bicyclic) bond motifs is 1. The van der Waals surface area contributed by atoms with Gasteiger partial charge in [-0.1, -0.05) is 17.7 Å². The number of benzene rings is 1. The smallest absolute Gasteiger partial charge is 0.272 e. The Morgan fingerprint density at radius 2 is 2.00 bits per heavy atom. The molecule has 7 nitrogen and oxygen atoms in total. The second-order valence-electron chi connectivity index (χ2n) is 8.11. The summed E-state index contributed by atoms with van der Waals surface area (Å²) in [5, 5.41) is 6.84. The normalized spacial score (nSPS) is 11.9. The van der Waals surface area contributed by atoms with Crippen LogP contribution in [0.2, 0.25) is 5.15 Å².